The fraction of sp³-hybridized carbons (Fsp3) is 0.167. The maximum Gasteiger partial charge on any atom is 0.431 e. The summed E-state index contributed by atoms with van der Waals surface area (Å²) in [5.74, 6) is -0.532. The number of carboxylic acid groups (broad SMARTS) is 1. The zero-order valence-electron chi connectivity index (χ0n) is 16.8. The molecule has 0 aliphatic carbocycles. The fourth-order valence-corrected chi connectivity index (χ4v) is 2.73. The van der Waals surface area contributed by atoms with Crippen LogP contribution in [0.1, 0.15) is 16.7 Å². The summed E-state index contributed by atoms with van der Waals surface area (Å²) in [4.78, 5) is 28.3. The van der Waals surface area contributed by atoms with Crippen molar-refractivity contribution in [3.8, 4) is 5.75 Å². The van der Waals surface area contributed by atoms with Crippen LogP contribution >= 0.6 is 0 Å². The second-order valence-electron chi connectivity index (χ2n) is 6.73. The van der Waals surface area contributed by atoms with Crippen LogP contribution in [-0.4, -0.2) is 23.3 Å². The van der Waals surface area contributed by atoms with Crippen LogP contribution in [0.4, 0.5) is 4.79 Å². The van der Waals surface area contributed by atoms with Crippen molar-refractivity contribution < 1.29 is 29.0 Å². The van der Waals surface area contributed by atoms with Crippen LogP contribution < -0.4 is 10.2 Å². The second-order valence-corrected chi connectivity index (χ2v) is 6.73. The molecule has 7 nitrogen and oxygen atoms in total. The number of hydroxylamine groups is 1. The molecule has 3 rings (SSSR count). The second kappa shape index (κ2) is 11.4. The molecule has 31 heavy (non-hydrogen) atoms. The third-order valence-electron chi connectivity index (χ3n) is 4.37. The van der Waals surface area contributed by atoms with E-state index >= 15 is 0 Å². The molecule has 0 spiro atoms. The highest BCUT2D eigenvalue weighted by Gasteiger charge is 2.21. The van der Waals surface area contributed by atoms with E-state index in [0.717, 1.165) is 16.7 Å². The first-order valence-corrected chi connectivity index (χ1v) is 9.71. The number of hydrogen-bond donors (Lipinski definition) is 2. The summed E-state index contributed by atoms with van der Waals surface area (Å²) in [6.45, 7) is 0.494. The Morgan fingerprint density at radius 2 is 1.35 bits per heavy atom. The van der Waals surface area contributed by atoms with Gasteiger partial charge in [0.15, 0.2) is 6.10 Å². The number of aliphatic carboxylic acids is 1. The number of hydrogen-bond acceptors (Lipinski definition) is 5. The van der Waals surface area contributed by atoms with Crippen LogP contribution in [0, 0.1) is 0 Å². The number of amides is 1. The highest BCUT2D eigenvalue weighted by molar-refractivity contribution is 5.73. The van der Waals surface area contributed by atoms with Crippen molar-refractivity contribution in [3.63, 3.8) is 0 Å². The summed E-state index contributed by atoms with van der Waals surface area (Å²) in [5.41, 5.74) is 4.62. The van der Waals surface area contributed by atoms with Gasteiger partial charge in [0.25, 0.3) is 0 Å². The van der Waals surface area contributed by atoms with E-state index in [1.165, 1.54) is 0 Å². The third-order valence-corrected chi connectivity index (χ3v) is 4.37. The number of carboxylic acids is 1. The molecule has 0 aliphatic heterocycles. The normalized spacial score (nSPS) is 11.4. The van der Waals surface area contributed by atoms with Gasteiger partial charge in [0.05, 0.1) is 0 Å². The average molecular weight is 421 g/mol. The number of benzene rings is 3. The highest BCUT2D eigenvalue weighted by atomic mass is 16.7. The van der Waals surface area contributed by atoms with Crippen molar-refractivity contribution in [3.05, 3.63) is 102 Å². The minimum absolute atomic E-state index is 0.0538. The van der Waals surface area contributed by atoms with E-state index in [2.05, 4.69) is 0 Å². The predicted octanol–water partition coefficient (Wildman–Crippen LogP) is 4.12. The van der Waals surface area contributed by atoms with Gasteiger partial charge in [-0.1, -0.05) is 72.8 Å². The zero-order chi connectivity index (χ0) is 21.9. The molecule has 3 aromatic carbocycles. The van der Waals surface area contributed by atoms with Gasteiger partial charge in [0, 0.05) is 6.42 Å². The molecule has 0 bridgehead atoms. The van der Waals surface area contributed by atoms with E-state index in [1.54, 1.807) is 36.4 Å². The number of carbonyl (C=O) groups is 2. The predicted molar refractivity (Wildman–Crippen MR) is 113 cm³/mol. The standard InChI is InChI=1S/C24H23NO6/c26-23(27)22(31-25-24(28)30-17-20-9-5-2-6-10-20)15-18-11-13-21(14-12-18)29-16-19-7-3-1-4-8-19/h1-14,22H,15-17H2,(H,25,28)(H,26,27)/t22-/m0/s1. The number of nitrogens with one attached hydrogen (secondary N) is 1. The van der Waals surface area contributed by atoms with Gasteiger partial charge in [0.2, 0.25) is 0 Å². The smallest absolute Gasteiger partial charge is 0.431 e. The summed E-state index contributed by atoms with van der Waals surface area (Å²) < 4.78 is 10.7. The fourth-order valence-electron chi connectivity index (χ4n) is 2.73. The molecule has 7 heteroatoms. The highest BCUT2D eigenvalue weighted by Crippen LogP contribution is 2.16. The summed E-state index contributed by atoms with van der Waals surface area (Å²) in [7, 11) is 0. The maximum atomic E-state index is 11.8. The Labute approximate surface area is 180 Å². The van der Waals surface area contributed by atoms with Gasteiger partial charge in [-0.15, -0.1) is 0 Å². The summed E-state index contributed by atoms with van der Waals surface area (Å²) in [6.07, 6.45) is -2.06. The third kappa shape index (κ3) is 7.49. The van der Waals surface area contributed by atoms with Gasteiger partial charge < -0.3 is 14.6 Å². The first kappa shape index (κ1) is 21.9. The monoisotopic (exact) mass is 421 g/mol. The first-order valence-electron chi connectivity index (χ1n) is 9.71. The van der Waals surface area contributed by atoms with E-state index in [-0.39, 0.29) is 13.0 Å². The van der Waals surface area contributed by atoms with Crippen molar-refractivity contribution >= 4 is 12.1 Å². The largest absolute Gasteiger partial charge is 0.489 e. The molecule has 0 heterocycles. The summed E-state index contributed by atoms with van der Waals surface area (Å²) >= 11 is 0. The molecule has 0 saturated carbocycles. The Balaban J connectivity index is 1.45. The molecule has 160 valence electrons. The van der Waals surface area contributed by atoms with Gasteiger partial charge >= 0.3 is 12.1 Å². The number of ether oxygens (including phenoxy) is 2. The summed E-state index contributed by atoms with van der Waals surface area (Å²) in [5, 5.41) is 9.38. The molecule has 0 unspecified atom stereocenters. The molecule has 1 amide bonds. The molecular formula is C24H23NO6. The quantitative estimate of drug-likeness (QED) is 0.478. The average Bonchev–Trinajstić information content (AvgIpc) is 2.81. The van der Waals surface area contributed by atoms with Gasteiger partial charge in [-0.2, -0.15) is 5.48 Å². The Bertz CT molecular complexity index is 960. The zero-order valence-corrected chi connectivity index (χ0v) is 16.8. The van der Waals surface area contributed by atoms with Crippen molar-refractivity contribution in [1.29, 1.82) is 0 Å². The van der Waals surface area contributed by atoms with Gasteiger partial charge in [0.1, 0.15) is 19.0 Å². The first-order chi connectivity index (χ1) is 15.1. The number of carbonyl (C=O) groups excluding carboxylic acids is 1. The molecule has 2 N–H and O–H groups in total. The molecule has 1 atom stereocenters. The van der Waals surface area contributed by atoms with Crippen molar-refractivity contribution in [2.45, 2.75) is 25.7 Å². The Hall–Kier alpha value is -3.84. The van der Waals surface area contributed by atoms with Crippen LogP contribution in [0.2, 0.25) is 0 Å². The lowest BCUT2D eigenvalue weighted by Gasteiger charge is -2.14. The van der Waals surface area contributed by atoms with Crippen LogP contribution in [0.3, 0.4) is 0 Å². The lowest BCUT2D eigenvalue weighted by Crippen LogP contribution is -2.36. The Kier molecular flexibility index (Phi) is 8.02. The Morgan fingerprint density at radius 1 is 0.774 bits per heavy atom. The Morgan fingerprint density at radius 3 is 1.94 bits per heavy atom. The lowest BCUT2D eigenvalue weighted by atomic mass is 10.1. The van der Waals surface area contributed by atoms with E-state index in [0.29, 0.717) is 12.4 Å². The topological polar surface area (TPSA) is 94.1 Å². The number of rotatable bonds is 10. The van der Waals surface area contributed by atoms with E-state index in [9.17, 15) is 14.7 Å². The van der Waals surface area contributed by atoms with Crippen LogP contribution in [0.5, 0.6) is 5.75 Å². The molecule has 3 aromatic rings. The minimum atomic E-state index is -1.26. The molecule has 0 aromatic heterocycles. The van der Waals surface area contributed by atoms with Crippen molar-refractivity contribution in [1.82, 2.24) is 5.48 Å². The van der Waals surface area contributed by atoms with E-state index < -0.39 is 18.2 Å². The van der Waals surface area contributed by atoms with E-state index in [4.69, 9.17) is 14.3 Å². The van der Waals surface area contributed by atoms with Crippen molar-refractivity contribution in [2.24, 2.45) is 0 Å². The van der Waals surface area contributed by atoms with E-state index in [1.807, 2.05) is 54.0 Å². The van der Waals surface area contributed by atoms with Crippen LogP contribution in [0.15, 0.2) is 84.9 Å². The van der Waals surface area contributed by atoms with Gasteiger partial charge in [-0.05, 0) is 28.8 Å². The van der Waals surface area contributed by atoms with Crippen LogP contribution in [-0.2, 0) is 34.0 Å². The minimum Gasteiger partial charge on any atom is -0.489 e. The van der Waals surface area contributed by atoms with Crippen LogP contribution in [0.25, 0.3) is 0 Å². The summed E-state index contributed by atoms with van der Waals surface area (Å²) in [6, 6.07) is 25.9. The molecule has 0 radical (unpaired) electrons. The molecule has 0 fully saturated rings. The lowest BCUT2D eigenvalue weighted by molar-refractivity contribution is -0.154. The van der Waals surface area contributed by atoms with Gasteiger partial charge in [-0.3, -0.25) is 4.84 Å². The maximum absolute atomic E-state index is 11.8. The SMILES string of the molecule is O=C(NO[C@@H](Cc1ccc(OCc2ccccc2)cc1)C(=O)O)OCc1ccccc1. The molecule has 0 saturated heterocycles. The van der Waals surface area contributed by atoms with Crippen molar-refractivity contribution in [2.75, 3.05) is 0 Å². The molecular weight excluding hydrogens is 398 g/mol. The molecule has 0 aliphatic rings. The van der Waals surface area contributed by atoms with Gasteiger partial charge in [-0.25, -0.2) is 9.59 Å².